The molecule has 1 aromatic carbocycles. The lowest BCUT2D eigenvalue weighted by molar-refractivity contribution is 0.105. The molecule has 1 atom stereocenters. The van der Waals surface area contributed by atoms with Crippen LogP contribution >= 0.6 is 0 Å². The van der Waals surface area contributed by atoms with Crippen molar-refractivity contribution >= 4 is 0 Å². The van der Waals surface area contributed by atoms with Gasteiger partial charge in [0.15, 0.2) is 0 Å². The molecule has 4 nitrogen and oxygen atoms in total. The highest BCUT2D eigenvalue weighted by atomic mass is 16.5. The SMILES string of the molecule is COc1ccccc1C(O)COc1cccnc1. The average molecular weight is 245 g/mol. The highest BCUT2D eigenvalue weighted by Gasteiger charge is 2.13. The summed E-state index contributed by atoms with van der Waals surface area (Å²) in [7, 11) is 1.58. The van der Waals surface area contributed by atoms with Gasteiger partial charge in [0.1, 0.15) is 24.2 Å². The number of methoxy groups -OCH3 is 1. The summed E-state index contributed by atoms with van der Waals surface area (Å²) >= 11 is 0. The molecule has 0 saturated heterocycles. The van der Waals surface area contributed by atoms with Crippen molar-refractivity contribution < 1.29 is 14.6 Å². The second-order valence-electron chi connectivity index (χ2n) is 3.76. The van der Waals surface area contributed by atoms with E-state index < -0.39 is 6.10 Å². The molecule has 1 N–H and O–H groups in total. The van der Waals surface area contributed by atoms with Crippen LogP contribution in [0.5, 0.6) is 11.5 Å². The number of aliphatic hydroxyl groups is 1. The first-order chi connectivity index (χ1) is 8.81. The van der Waals surface area contributed by atoms with Crippen LogP contribution in [-0.2, 0) is 0 Å². The largest absolute Gasteiger partial charge is 0.496 e. The molecule has 2 rings (SSSR count). The lowest BCUT2D eigenvalue weighted by Gasteiger charge is -2.15. The van der Waals surface area contributed by atoms with Crippen LogP contribution in [0.2, 0.25) is 0 Å². The van der Waals surface area contributed by atoms with Gasteiger partial charge in [-0.3, -0.25) is 4.98 Å². The van der Waals surface area contributed by atoms with Crippen LogP contribution in [0.25, 0.3) is 0 Å². The zero-order chi connectivity index (χ0) is 12.8. The van der Waals surface area contributed by atoms with E-state index in [0.717, 1.165) is 0 Å². The Kier molecular flexibility index (Phi) is 4.15. The quantitative estimate of drug-likeness (QED) is 0.877. The van der Waals surface area contributed by atoms with E-state index >= 15 is 0 Å². The molecule has 18 heavy (non-hydrogen) atoms. The normalized spacial score (nSPS) is 11.9. The number of benzene rings is 1. The van der Waals surface area contributed by atoms with E-state index in [1.807, 2.05) is 24.3 Å². The molecule has 0 aliphatic rings. The van der Waals surface area contributed by atoms with E-state index in [9.17, 15) is 5.11 Å². The smallest absolute Gasteiger partial charge is 0.137 e. The summed E-state index contributed by atoms with van der Waals surface area (Å²) in [6.07, 6.45) is 2.54. The van der Waals surface area contributed by atoms with Crippen LogP contribution in [0.1, 0.15) is 11.7 Å². The van der Waals surface area contributed by atoms with Crippen molar-refractivity contribution in [2.24, 2.45) is 0 Å². The number of rotatable bonds is 5. The topological polar surface area (TPSA) is 51.6 Å². The number of para-hydroxylation sites is 1. The molecular formula is C14H15NO3. The molecule has 1 unspecified atom stereocenters. The number of aromatic nitrogens is 1. The van der Waals surface area contributed by atoms with Crippen molar-refractivity contribution in [2.45, 2.75) is 6.10 Å². The number of nitrogens with zero attached hydrogens (tertiary/aromatic N) is 1. The fraction of sp³-hybridized carbons (Fsp3) is 0.214. The van der Waals surface area contributed by atoms with Crippen molar-refractivity contribution in [3.63, 3.8) is 0 Å². The molecule has 0 amide bonds. The van der Waals surface area contributed by atoms with E-state index in [4.69, 9.17) is 9.47 Å². The first-order valence-corrected chi connectivity index (χ1v) is 5.65. The van der Waals surface area contributed by atoms with Crippen LogP contribution < -0.4 is 9.47 Å². The third kappa shape index (κ3) is 2.99. The number of aliphatic hydroxyl groups excluding tert-OH is 1. The predicted molar refractivity (Wildman–Crippen MR) is 67.7 cm³/mol. The molecule has 0 bridgehead atoms. The first-order valence-electron chi connectivity index (χ1n) is 5.65. The van der Waals surface area contributed by atoms with Gasteiger partial charge in [-0.15, -0.1) is 0 Å². The highest BCUT2D eigenvalue weighted by molar-refractivity contribution is 5.35. The lowest BCUT2D eigenvalue weighted by Crippen LogP contribution is -2.10. The Hall–Kier alpha value is -2.07. The molecule has 0 aliphatic carbocycles. The van der Waals surface area contributed by atoms with Gasteiger partial charge in [-0.2, -0.15) is 0 Å². The third-order valence-corrected chi connectivity index (χ3v) is 2.54. The van der Waals surface area contributed by atoms with Gasteiger partial charge in [0, 0.05) is 11.8 Å². The standard InChI is InChI=1S/C14H15NO3/c1-17-14-7-3-2-6-12(14)13(16)10-18-11-5-4-8-15-9-11/h2-9,13,16H,10H2,1H3. The minimum atomic E-state index is -0.735. The minimum Gasteiger partial charge on any atom is -0.496 e. The lowest BCUT2D eigenvalue weighted by atomic mass is 10.1. The van der Waals surface area contributed by atoms with Gasteiger partial charge >= 0.3 is 0 Å². The fourth-order valence-corrected chi connectivity index (χ4v) is 1.64. The van der Waals surface area contributed by atoms with Crippen LogP contribution in [0, 0.1) is 0 Å². The Morgan fingerprint density at radius 1 is 1.22 bits per heavy atom. The van der Waals surface area contributed by atoms with Gasteiger partial charge in [-0.05, 0) is 18.2 Å². The van der Waals surface area contributed by atoms with E-state index in [1.54, 1.807) is 31.6 Å². The van der Waals surface area contributed by atoms with Gasteiger partial charge in [0.2, 0.25) is 0 Å². The maximum Gasteiger partial charge on any atom is 0.137 e. The molecule has 0 saturated carbocycles. The third-order valence-electron chi connectivity index (χ3n) is 2.54. The Bertz CT molecular complexity index is 487. The van der Waals surface area contributed by atoms with Crippen molar-refractivity contribution in [1.29, 1.82) is 0 Å². The molecule has 1 aromatic heterocycles. The number of pyridine rings is 1. The van der Waals surface area contributed by atoms with Crippen LogP contribution in [0.15, 0.2) is 48.8 Å². The summed E-state index contributed by atoms with van der Waals surface area (Å²) in [4.78, 5) is 3.94. The molecule has 4 heteroatoms. The Balaban J connectivity index is 2.01. The first kappa shape index (κ1) is 12.4. The van der Waals surface area contributed by atoms with Gasteiger partial charge in [-0.25, -0.2) is 0 Å². The summed E-state index contributed by atoms with van der Waals surface area (Å²) in [6.45, 7) is 0.159. The molecule has 94 valence electrons. The minimum absolute atomic E-state index is 0.159. The number of hydrogen-bond donors (Lipinski definition) is 1. The fourth-order valence-electron chi connectivity index (χ4n) is 1.64. The van der Waals surface area contributed by atoms with Gasteiger partial charge in [-0.1, -0.05) is 18.2 Å². The van der Waals surface area contributed by atoms with Crippen LogP contribution in [0.3, 0.4) is 0 Å². The zero-order valence-corrected chi connectivity index (χ0v) is 10.1. The van der Waals surface area contributed by atoms with Gasteiger partial charge in [0.25, 0.3) is 0 Å². The maximum atomic E-state index is 10.1. The summed E-state index contributed by atoms with van der Waals surface area (Å²) < 4.78 is 10.6. The summed E-state index contributed by atoms with van der Waals surface area (Å²) in [5, 5.41) is 10.1. The second-order valence-corrected chi connectivity index (χ2v) is 3.76. The van der Waals surface area contributed by atoms with E-state index in [2.05, 4.69) is 4.98 Å². The molecular weight excluding hydrogens is 230 g/mol. The Morgan fingerprint density at radius 3 is 2.78 bits per heavy atom. The Labute approximate surface area is 106 Å². The monoisotopic (exact) mass is 245 g/mol. The molecule has 0 radical (unpaired) electrons. The summed E-state index contributed by atoms with van der Waals surface area (Å²) in [5.41, 5.74) is 0.712. The van der Waals surface area contributed by atoms with Crippen LogP contribution in [-0.4, -0.2) is 23.8 Å². The van der Waals surface area contributed by atoms with Crippen molar-refractivity contribution in [3.8, 4) is 11.5 Å². The van der Waals surface area contributed by atoms with E-state index in [1.165, 1.54) is 0 Å². The van der Waals surface area contributed by atoms with Crippen LogP contribution in [0.4, 0.5) is 0 Å². The highest BCUT2D eigenvalue weighted by Crippen LogP contribution is 2.25. The molecule has 0 aliphatic heterocycles. The van der Waals surface area contributed by atoms with Crippen molar-refractivity contribution in [1.82, 2.24) is 4.98 Å². The predicted octanol–water partition coefficient (Wildman–Crippen LogP) is 2.20. The average Bonchev–Trinajstić information content (AvgIpc) is 2.45. The summed E-state index contributed by atoms with van der Waals surface area (Å²) in [5.74, 6) is 1.28. The second kappa shape index (κ2) is 6.02. The number of ether oxygens (including phenoxy) is 2. The molecule has 1 heterocycles. The zero-order valence-electron chi connectivity index (χ0n) is 10.1. The maximum absolute atomic E-state index is 10.1. The summed E-state index contributed by atoms with van der Waals surface area (Å²) in [6, 6.07) is 10.9. The van der Waals surface area contributed by atoms with Crippen molar-refractivity contribution in [2.75, 3.05) is 13.7 Å². The molecule has 0 spiro atoms. The van der Waals surface area contributed by atoms with Crippen molar-refractivity contribution in [3.05, 3.63) is 54.4 Å². The molecule has 2 aromatic rings. The van der Waals surface area contributed by atoms with E-state index in [-0.39, 0.29) is 6.61 Å². The molecule has 0 fully saturated rings. The number of hydrogen-bond acceptors (Lipinski definition) is 4. The Morgan fingerprint density at radius 2 is 2.06 bits per heavy atom. The van der Waals surface area contributed by atoms with E-state index in [0.29, 0.717) is 17.1 Å². The van der Waals surface area contributed by atoms with Gasteiger partial charge in [0.05, 0.1) is 13.3 Å². The van der Waals surface area contributed by atoms with Gasteiger partial charge < -0.3 is 14.6 Å².